The van der Waals surface area contributed by atoms with E-state index in [0.29, 0.717) is 13.2 Å². The van der Waals surface area contributed by atoms with Crippen LogP contribution in [0.1, 0.15) is 11.9 Å². The third-order valence-electron chi connectivity index (χ3n) is 3.41. The Kier molecular flexibility index (Phi) is 3.32. The number of nitrogens with two attached hydrogens (primary N) is 1. The van der Waals surface area contributed by atoms with Gasteiger partial charge in [0.1, 0.15) is 18.3 Å². The van der Waals surface area contributed by atoms with E-state index in [-0.39, 0.29) is 6.10 Å². The molecule has 1 aromatic carbocycles. The van der Waals surface area contributed by atoms with Crippen molar-refractivity contribution in [1.82, 2.24) is 0 Å². The number of benzene rings is 1. The van der Waals surface area contributed by atoms with Crippen molar-refractivity contribution in [2.75, 3.05) is 13.2 Å². The van der Waals surface area contributed by atoms with Crippen LogP contribution in [0.4, 0.5) is 0 Å². The van der Waals surface area contributed by atoms with E-state index >= 15 is 0 Å². The van der Waals surface area contributed by atoms with E-state index in [1.807, 2.05) is 30.3 Å². The molecule has 0 amide bonds. The van der Waals surface area contributed by atoms with E-state index in [9.17, 15) is 5.11 Å². The van der Waals surface area contributed by atoms with Crippen molar-refractivity contribution >= 4 is 0 Å². The molecule has 0 spiro atoms. The Labute approximate surface area is 105 Å². The van der Waals surface area contributed by atoms with E-state index in [4.69, 9.17) is 19.9 Å². The van der Waals surface area contributed by atoms with E-state index in [0.717, 1.165) is 5.56 Å². The van der Waals surface area contributed by atoms with Crippen LogP contribution < -0.4 is 5.73 Å². The Morgan fingerprint density at radius 3 is 2.67 bits per heavy atom. The topological polar surface area (TPSA) is 73.9 Å². The van der Waals surface area contributed by atoms with Crippen LogP contribution in [-0.4, -0.2) is 42.7 Å². The second-order valence-corrected chi connectivity index (χ2v) is 4.70. The highest BCUT2D eigenvalue weighted by Gasteiger charge is 2.43. The first kappa shape index (κ1) is 12.1. The summed E-state index contributed by atoms with van der Waals surface area (Å²) >= 11 is 0. The van der Waals surface area contributed by atoms with Crippen LogP contribution in [0.25, 0.3) is 0 Å². The van der Waals surface area contributed by atoms with Crippen molar-refractivity contribution in [2.24, 2.45) is 5.73 Å². The van der Waals surface area contributed by atoms with E-state index in [1.54, 1.807) is 0 Å². The minimum Gasteiger partial charge on any atom is -0.389 e. The molecule has 3 N–H and O–H groups in total. The molecule has 98 valence electrons. The maximum Gasteiger partial charge on any atom is 0.184 e. The van der Waals surface area contributed by atoms with Crippen LogP contribution in [-0.2, 0) is 14.2 Å². The lowest BCUT2D eigenvalue weighted by molar-refractivity contribution is -0.301. The molecule has 2 aliphatic heterocycles. The molecule has 0 aliphatic carbocycles. The number of hydrogen-bond acceptors (Lipinski definition) is 5. The van der Waals surface area contributed by atoms with Crippen molar-refractivity contribution < 1.29 is 19.3 Å². The Bertz CT molecular complexity index is 397. The first-order valence-electron chi connectivity index (χ1n) is 6.13. The van der Waals surface area contributed by atoms with Gasteiger partial charge < -0.3 is 25.1 Å². The lowest BCUT2D eigenvalue weighted by Crippen LogP contribution is -2.60. The fourth-order valence-electron chi connectivity index (χ4n) is 2.35. The molecule has 0 radical (unpaired) electrons. The molecule has 2 fully saturated rings. The lowest BCUT2D eigenvalue weighted by Gasteiger charge is -2.43. The largest absolute Gasteiger partial charge is 0.389 e. The van der Waals surface area contributed by atoms with Crippen LogP contribution in [0.3, 0.4) is 0 Å². The predicted octanol–water partition coefficient (Wildman–Crippen LogP) is 0.188. The molecule has 5 heteroatoms. The van der Waals surface area contributed by atoms with Gasteiger partial charge in [-0.2, -0.15) is 0 Å². The second kappa shape index (κ2) is 4.95. The molecule has 0 saturated carbocycles. The normalized spacial score (nSPS) is 40.2. The first-order chi connectivity index (χ1) is 8.75. The maximum atomic E-state index is 10.1. The van der Waals surface area contributed by atoms with Gasteiger partial charge in [-0.1, -0.05) is 30.3 Å². The number of aliphatic hydroxyl groups excluding tert-OH is 1. The third kappa shape index (κ3) is 2.15. The van der Waals surface area contributed by atoms with Gasteiger partial charge in [0.25, 0.3) is 0 Å². The van der Waals surface area contributed by atoms with Crippen LogP contribution >= 0.6 is 0 Å². The van der Waals surface area contributed by atoms with Gasteiger partial charge in [-0.15, -0.1) is 0 Å². The summed E-state index contributed by atoms with van der Waals surface area (Å²) in [5.41, 5.74) is 6.71. The molecule has 0 aromatic heterocycles. The fourth-order valence-corrected chi connectivity index (χ4v) is 2.35. The molecule has 1 aromatic rings. The molecular formula is C13H17NO4. The maximum absolute atomic E-state index is 10.1. The van der Waals surface area contributed by atoms with Gasteiger partial charge in [0, 0.05) is 5.56 Å². The first-order valence-corrected chi connectivity index (χ1v) is 6.13. The van der Waals surface area contributed by atoms with Crippen molar-refractivity contribution in [2.45, 2.75) is 30.6 Å². The highest BCUT2D eigenvalue weighted by atomic mass is 16.7. The van der Waals surface area contributed by atoms with Gasteiger partial charge in [0.15, 0.2) is 6.29 Å². The number of hydrogen-bond donors (Lipinski definition) is 2. The van der Waals surface area contributed by atoms with Crippen LogP contribution in [0.15, 0.2) is 30.3 Å². The molecule has 3 rings (SSSR count). The average molecular weight is 251 g/mol. The minimum absolute atomic E-state index is 0.236. The van der Waals surface area contributed by atoms with Gasteiger partial charge in [-0.3, -0.25) is 0 Å². The number of aliphatic hydroxyl groups is 1. The van der Waals surface area contributed by atoms with Gasteiger partial charge in [-0.25, -0.2) is 0 Å². The lowest BCUT2D eigenvalue weighted by atomic mass is 9.98. The van der Waals surface area contributed by atoms with Gasteiger partial charge in [0.05, 0.1) is 19.3 Å². The van der Waals surface area contributed by atoms with Crippen molar-refractivity contribution in [3.05, 3.63) is 35.9 Å². The molecule has 18 heavy (non-hydrogen) atoms. The van der Waals surface area contributed by atoms with Crippen molar-refractivity contribution in [3.8, 4) is 0 Å². The summed E-state index contributed by atoms with van der Waals surface area (Å²) in [6.07, 6.45) is -1.83. The summed E-state index contributed by atoms with van der Waals surface area (Å²) in [5, 5.41) is 10.1. The monoisotopic (exact) mass is 251 g/mol. The zero-order valence-electron chi connectivity index (χ0n) is 9.94. The van der Waals surface area contributed by atoms with E-state index in [1.165, 1.54) is 0 Å². The number of fused-ring (bicyclic) bond motifs is 1. The van der Waals surface area contributed by atoms with E-state index < -0.39 is 24.5 Å². The summed E-state index contributed by atoms with van der Waals surface area (Å²) in [6, 6.07) is 9.24. The summed E-state index contributed by atoms with van der Waals surface area (Å²) in [6.45, 7) is 0.749. The summed E-state index contributed by atoms with van der Waals surface area (Å²) in [4.78, 5) is 0. The molecule has 0 bridgehead atoms. The second-order valence-electron chi connectivity index (χ2n) is 4.70. The van der Waals surface area contributed by atoms with Gasteiger partial charge in [-0.05, 0) is 0 Å². The van der Waals surface area contributed by atoms with Gasteiger partial charge >= 0.3 is 0 Å². The predicted molar refractivity (Wildman–Crippen MR) is 63.7 cm³/mol. The molecule has 2 aliphatic rings. The van der Waals surface area contributed by atoms with Gasteiger partial charge in [0.2, 0.25) is 0 Å². The van der Waals surface area contributed by atoms with Crippen LogP contribution in [0.5, 0.6) is 0 Å². The summed E-state index contributed by atoms with van der Waals surface area (Å²) < 4.78 is 16.9. The Balaban J connectivity index is 1.75. The highest BCUT2D eigenvalue weighted by Crippen LogP contribution is 2.31. The molecular weight excluding hydrogens is 234 g/mol. The summed E-state index contributed by atoms with van der Waals surface area (Å²) in [7, 11) is 0. The average Bonchev–Trinajstić information content (AvgIpc) is 2.44. The highest BCUT2D eigenvalue weighted by molar-refractivity contribution is 5.16. The van der Waals surface area contributed by atoms with Crippen molar-refractivity contribution in [3.63, 3.8) is 0 Å². The SMILES string of the molecule is NC1COC2COC(c3ccccc3)OC2C1O. The fraction of sp³-hybridized carbons (Fsp3) is 0.538. The van der Waals surface area contributed by atoms with Crippen LogP contribution in [0.2, 0.25) is 0 Å². The molecule has 5 nitrogen and oxygen atoms in total. The Morgan fingerprint density at radius 2 is 1.89 bits per heavy atom. The number of rotatable bonds is 1. The number of ether oxygens (including phenoxy) is 3. The zero-order valence-corrected chi connectivity index (χ0v) is 9.94. The molecule has 2 heterocycles. The molecule has 2 saturated heterocycles. The quantitative estimate of drug-likeness (QED) is 0.745. The standard InChI is InChI=1S/C13H17NO4/c14-9-6-16-10-7-17-13(18-12(10)11(9)15)8-4-2-1-3-5-8/h1-5,9-13,15H,6-7,14H2. The molecule has 5 unspecified atom stereocenters. The molecule has 5 atom stereocenters. The van der Waals surface area contributed by atoms with E-state index in [2.05, 4.69) is 0 Å². The summed E-state index contributed by atoms with van der Waals surface area (Å²) in [5.74, 6) is 0. The third-order valence-corrected chi connectivity index (χ3v) is 3.41. The smallest absolute Gasteiger partial charge is 0.184 e. The van der Waals surface area contributed by atoms with Crippen LogP contribution in [0, 0.1) is 0 Å². The minimum atomic E-state index is -0.709. The Morgan fingerprint density at radius 1 is 1.11 bits per heavy atom. The Hall–Kier alpha value is -0.980. The van der Waals surface area contributed by atoms with Crippen molar-refractivity contribution in [1.29, 1.82) is 0 Å². The zero-order chi connectivity index (χ0) is 12.5.